The first-order valence-electron chi connectivity index (χ1n) is 6.39. The van der Waals surface area contributed by atoms with E-state index in [-0.39, 0.29) is 11.8 Å². The van der Waals surface area contributed by atoms with E-state index < -0.39 is 6.61 Å². The zero-order valence-electron chi connectivity index (χ0n) is 10.7. The second-order valence-electron chi connectivity index (χ2n) is 4.50. The number of carbonyl (C=O) groups excluding carboxylic acids is 2. The number of aryl methyl sites for hydroxylation is 1. The summed E-state index contributed by atoms with van der Waals surface area (Å²) in [5.41, 5.74) is 0. The van der Waals surface area contributed by atoms with Crippen LogP contribution in [-0.4, -0.2) is 59.5 Å². The predicted octanol–water partition coefficient (Wildman–Crippen LogP) is 0.344. The van der Waals surface area contributed by atoms with Crippen LogP contribution in [0.3, 0.4) is 0 Å². The third-order valence-corrected chi connectivity index (χ3v) is 4.22. The number of carbonyl (C=O) groups is 2. The number of hydrogen-bond donors (Lipinski definition) is 1. The standard InChI is InChI=1S/C13H18N2O3S/c16-10-13(18)15-7-5-14(6-8-15)12(17)4-3-11-2-1-9-19-11/h1-2,9,16H,3-8,10H2. The first-order chi connectivity index (χ1) is 9.20. The molecule has 0 spiro atoms. The molecule has 1 fully saturated rings. The molecule has 1 aliphatic heterocycles. The Morgan fingerprint density at radius 2 is 1.79 bits per heavy atom. The van der Waals surface area contributed by atoms with Gasteiger partial charge in [-0.05, 0) is 17.9 Å². The van der Waals surface area contributed by atoms with E-state index in [1.807, 2.05) is 17.5 Å². The molecule has 2 amide bonds. The zero-order chi connectivity index (χ0) is 13.7. The van der Waals surface area contributed by atoms with Gasteiger partial charge in [-0.2, -0.15) is 0 Å². The molecular formula is C13H18N2O3S. The molecule has 0 atom stereocenters. The Morgan fingerprint density at radius 3 is 2.32 bits per heavy atom. The highest BCUT2D eigenvalue weighted by molar-refractivity contribution is 7.09. The van der Waals surface area contributed by atoms with Crippen molar-refractivity contribution in [1.29, 1.82) is 0 Å². The molecule has 0 aliphatic carbocycles. The van der Waals surface area contributed by atoms with Crippen LogP contribution in [0.15, 0.2) is 17.5 Å². The molecule has 6 heteroatoms. The van der Waals surface area contributed by atoms with Crippen LogP contribution in [0.25, 0.3) is 0 Å². The Hall–Kier alpha value is -1.40. The van der Waals surface area contributed by atoms with Crippen molar-refractivity contribution in [2.75, 3.05) is 32.8 Å². The monoisotopic (exact) mass is 282 g/mol. The van der Waals surface area contributed by atoms with Gasteiger partial charge in [0.2, 0.25) is 11.8 Å². The third-order valence-electron chi connectivity index (χ3n) is 3.29. The molecule has 0 bridgehead atoms. The molecular weight excluding hydrogens is 264 g/mol. The Morgan fingerprint density at radius 1 is 1.16 bits per heavy atom. The van der Waals surface area contributed by atoms with E-state index in [0.29, 0.717) is 32.6 Å². The summed E-state index contributed by atoms with van der Waals surface area (Å²) in [7, 11) is 0. The molecule has 1 aromatic rings. The molecule has 0 radical (unpaired) electrons. The largest absolute Gasteiger partial charge is 0.387 e. The SMILES string of the molecule is O=C(CO)N1CCN(C(=O)CCc2cccs2)CC1. The van der Waals surface area contributed by atoms with Gasteiger partial charge in [0.25, 0.3) is 0 Å². The van der Waals surface area contributed by atoms with E-state index in [4.69, 9.17) is 5.11 Å². The fraction of sp³-hybridized carbons (Fsp3) is 0.538. The second kappa shape index (κ2) is 6.68. The molecule has 1 aromatic heterocycles. The summed E-state index contributed by atoms with van der Waals surface area (Å²) in [6.07, 6.45) is 1.31. The Labute approximate surface area is 116 Å². The van der Waals surface area contributed by atoms with Crippen LogP contribution in [0, 0.1) is 0 Å². The Balaban J connectivity index is 1.74. The van der Waals surface area contributed by atoms with Gasteiger partial charge in [0, 0.05) is 37.5 Å². The third kappa shape index (κ3) is 3.78. The molecule has 104 valence electrons. The first-order valence-corrected chi connectivity index (χ1v) is 7.27. The minimum Gasteiger partial charge on any atom is -0.387 e. The molecule has 2 rings (SSSR count). The highest BCUT2D eigenvalue weighted by Crippen LogP contribution is 2.12. The van der Waals surface area contributed by atoms with Crippen molar-refractivity contribution in [2.45, 2.75) is 12.8 Å². The van der Waals surface area contributed by atoms with Crippen LogP contribution in [0.4, 0.5) is 0 Å². The van der Waals surface area contributed by atoms with Crippen LogP contribution in [0.1, 0.15) is 11.3 Å². The maximum Gasteiger partial charge on any atom is 0.248 e. The summed E-state index contributed by atoms with van der Waals surface area (Å²) < 4.78 is 0. The van der Waals surface area contributed by atoms with Crippen LogP contribution in [0.5, 0.6) is 0 Å². The first kappa shape index (κ1) is 14.0. The summed E-state index contributed by atoms with van der Waals surface area (Å²) in [6, 6.07) is 4.03. The molecule has 1 saturated heterocycles. The number of aliphatic hydroxyl groups is 1. The van der Waals surface area contributed by atoms with Crippen molar-refractivity contribution in [1.82, 2.24) is 9.80 Å². The lowest BCUT2D eigenvalue weighted by Gasteiger charge is -2.34. The fourth-order valence-electron chi connectivity index (χ4n) is 2.15. The molecule has 2 heterocycles. The molecule has 0 saturated carbocycles. The van der Waals surface area contributed by atoms with E-state index in [9.17, 15) is 9.59 Å². The van der Waals surface area contributed by atoms with Crippen molar-refractivity contribution >= 4 is 23.2 Å². The minimum absolute atomic E-state index is 0.143. The number of piperazine rings is 1. The predicted molar refractivity (Wildman–Crippen MR) is 72.9 cm³/mol. The molecule has 5 nitrogen and oxygen atoms in total. The lowest BCUT2D eigenvalue weighted by molar-refractivity contribution is -0.141. The number of hydrogen-bond acceptors (Lipinski definition) is 4. The number of thiophene rings is 1. The molecule has 1 N–H and O–H groups in total. The van der Waals surface area contributed by atoms with Crippen molar-refractivity contribution in [2.24, 2.45) is 0 Å². The Bertz CT molecular complexity index is 425. The average Bonchev–Trinajstić information content (AvgIpc) is 2.97. The van der Waals surface area contributed by atoms with E-state index in [1.54, 1.807) is 21.1 Å². The summed E-state index contributed by atoms with van der Waals surface area (Å²) in [4.78, 5) is 27.9. The topological polar surface area (TPSA) is 60.9 Å². The van der Waals surface area contributed by atoms with Crippen LogP contribution >= 0.6 is 11.3 Å². The van der Waals surface area contributed by atoms with E-state index >= 15 is 0 Å². The van der Waals surface area contributed by atoms with Crippen LogP contribution < -0.4 is 0 Å². The Kier molecular flexibility index (Phi) is 4.93. The van der Waals surface area contributed by atoms with E-state index in [0.717, 1.165) is 6.42 Å². The van der Waals surface area contributed by atoms with Gasteiger partial charge in [-0.3, -0.25) is 9.59 Å². The van der Waals surface area contributed by atoms with Crippen molar-refractivity contribution in [3.05, 3.63) is 22.4 Å². The molecule has 0 unspecified atom stereocenters. The second-order valence-corrected chi connectivity index (χ2v) is 5.53. The van der Waals surface area contributed by atoms with Gasteiger partial charge in [0.15, 0.2) is 0 Å². The van der Waals surface area contributed by atoms with Gasteiger partial charge >= 0.3 is 0 Å². The smallest absolute Gasteiger partial charge is 0.248 e. The number of rotatable bonds is 4. The van der Waals surface area contributed by atoms with Gasteiger partial charge in [-0.15, -0.1) is 11.3 Å². The normalized spacial score (nSPS) is 15.6. The maximum absolute atomic E-state index is 12.0. The average molecular weight is 282 g/mol. The summed E-state index contributed by atoms with van der Waals surface area (Å²) in [5, 5.41) is 10.8. The fourth-order valence-corrected chi connectivity index (χ4v) is 2.86. The summed E-state index contributed by atoms with van der Waals surface area (Å²) in [6.45, 7) is 1.71. The maximum atomic E-state index is 12.0. The quantitative estimate of drug-likeness (QED) is 0.866. The number of nitrogens with zero attached hydrogens (tertiary/aromatic N) is 2. The molecule has 1 aliphatic rings. The van der Waals surface area contributed by atoms with Gasteiger partial charge in [-0.1, -0.05) is 6.07 Å². The number of amides is 2. The van der Waals surface area contributed by atoms with Crippen LogP contribution in [0.2, 0.25) is 0 Å². The molecule has 19 heavy (non-hydrogen) atoms. The summed E-state index contributed by atoms with van der Waals surface area (Å²) in [5.74, 6) is -0.116. The molecule has 0 aromatic carbocycles. The van der Waals surface area contributed by atoms with Gasteiger partial charge in [-0.25, -0.2) is 0 Å². The van der Waals surface area contributed by atoms with E-state index in [1.165, 1.54) is 4.88 Å². The van der Waals surface area contributed by atoms with Gasteiger partial charge in [0.05, 0.1) is 0 Å². The number of aliphatic hydroxyl groups excluding tert-OH is 1. The van der Waals surface area contributed by atoms with E-state index in [2.05, 4.69) is 0 Å². The minimum atomic E-state index is -0.452. The van der Waals surface area contributed by atoms with Crippen molar-refractivity contribution in [3.63, 3.8) is 0 Å². The highest BCUT2D eigenvalue weighted by Gasteiger charge is 2.23. The van der Waals surface area contributed by atoms with Crippen molar-refractivity contribution < 1.29 is 14.7 Å². The van der Waals surface area contributed by atoms with Gasteiger partial charge < -0.3 is 14.9 Å². The summed E-state index contributed by atoms with van der Waals surface area (Å²) >= 11 is 1.67. The lowest BCUT2D eigenvalue weighted by atomic mass is 10.2. The zero-order valence-corrected chi connectivity index (χ0v) is 11.6. The van der Waals surface area contributed by atoms with Crippen LogP contribution in [-0.2, 0) is 16.0 Å². The lowest BCUT2D eigenvalue weighted by Crippen LogP contribution is -2.51. The highest BCUT2D eigenvalue weighted by atomic mass is 32.1. The van der Waals surface area contributed by atoms with Crippen molar-refractivity contribution in [3.8, 4) is 0 Å². The van der Waals surface area contributed by atoms with Gasteiger partial charge in [0.1, 0.15) is 6.61 Å².